The lowest BCUT2D eigenvalue weighted by Crippen LogP contribution is -2.16. The molecular weight excluding hydrogens is 273 g/mol. The third-order valence-electron chi connectivity index (χ3n) is 2.55. The number of carbonyl (C=O) groups is 1. The number of nitrogens with two attached hydrogens (primary N) is 1. The van der Waals surface area contributed by atoms with Gasteiger partial charge >= 0.3 is 0 Å². The molecule has 0 aliphatic heterocycles. The maximum absolute atomic E-state index is 13.4. The van der Waals surface area contributed by atoms with Crippen LogP contribution in [0, 0.1) is 17.5 Å². The lowest BCUT2D eigenvalue weighted by Gasteiger charge is -2.10. The van der Waals surface area contributed by atoms with Gasteiger partial charge in [0, 0.05) is 18.3 Å². The van der Waals surface area contributed by atoms with Gasteiger partial charge in [-0.15, -0.1) is 0 Å². The van der Waals surface area contributed by atoms with E-state index in [9.17, 15) is 18.0 Å². The minimum atomic E-state index is -1.30. The van der Waals surface area contributed by atoms with E-state index in [0.29, 0.717) is 6.07 Å². The molecule has 0 saturated carbocycles. The molecule has 1 amide bonds. The van der Waals surface area contributed by atoms with Crippen molar-refractivity contribution in [3.63, 3.8) is 0 Å². The Labute approximate surface area is 111 Å². The Hall–Kier alpha value is -2.64. The van der Waals surface area contributed by atoms with Crippen molar-refractivity contribution < 1.29 is 18.0 Å². The second-order valence-electron chi connectivity index (χ2n) is 3.82. The third-order valence-corrected chi connectivity index (χ3v) is 2.55. The Bertz CT molecular complexity index is 663. The van der Waals surface area contributed by atoms with E-state index in [1.165, 1.54) is 0 Å². The van der Waals surface area contributed by atoms with E-state index in [1.54, 1.807) is 0 Å². The molecule has 0 fully saturated rings. The molecule has 5 nitrogen and oxygen atoms in total. The van der Waals surface area contributed by atoms with E-state index in [4.69, 9.17) is 5.73 Å². The third kappa shape index (κ3) is 2.68. The van der Waals surface area contributed by atoms with E-state index in [-0.39, 0.29) is 11.4 Å². The van der Waals surface area contributed by atoms with Crippen molar-refractivity contribution in [1.82, 2.24) is 9.97 Å². The molecule has 0 aliphatic carbocycles. The summed E-state index contributed by atoms with van der Waals surface area (Å²) in [6.45, 7) is -0.396. The highest BCUT2D eigenvalue weighted by molar-refractivity contribution is 5.97. The van der Waals surface area contributed by atoms with Crippen molar-refractivity contribution in [3.05, 3.63) is 53.2 Å². The van der Waals surface area contributed by atoms with Gasteiger partial charge in [0.2, 0.25) is 0 Å². The first-order chi connectivity index (χ1) is 9.50. The van der Waals surface area contributed by atoms with Crippen LogP contribution >= 0.6 is 0 Å². The van der Waals surface area contributed by atoms with Crippen molar-refractivity contribution in [2.45, 2.75) is 6.54 Å². The molecule has 0 radical (unpaired) electrons. The normalized spacial score (nSPS) is 10.3. The largest absolute Gasteiger partial charge is 0.365 e. The van der Waals surface area contributed by atoms with Gasteiger partial charge in [-0.25, -0.2) is 23.1 Å². The minimum Gasteiger partial charge on any atom is -0.365 e. The summed E-state index contributed by atoms with van der Waals surface area (Å²) in [5, 5.41) is 2.52. The van der Waals surface area contributed by atoms with E-state index in [0.717, 1.165) is 18.6 Å². The van der Waals surface area contributed by atoms with Crippen LogP contribution < -0.4 is 11.1 Å². The van der Waals surface area contributed by atoms with Crippen LogP contribution in [-0.2, 0) is 6.54 Å². The fourth-order valence-corrected chi connectivity index (χ4v) is 1.55. The summed E-state index contributed by atoms with van der Waals surface area (Å²) >= 11 is 0. The van der Waals surface area contributed by atoms with Crippen molar-refractivity contribution in [2.75, 3.05) is 5.32 Å². The summed E-state index contributed by atoms with van der Waals surface area (Å²) in [5.41, 5.74) is 4.56. The summed E-state index contributed by atoms with van der Waals surface area (Å²) in [4.78, 5) is 18.5. The number of amides is 1. The van der Waals surface area contributed by atoms with Crippen molar-refractivity contribution in [1.29, 1.82) is 0 Å². The molecule has 0 spiro atoms. The number of halogens is 3. The Balaban J connectivity index is 2.26. The molecule has 3 N–H and O–H groups in total. The molecular formula is C12H9F3N4O. The molecule has 2 rings (SSSR count). The number of nitrogens with zero attached hydrogens (tertiary/aromatic N) is 2. The number of benzene rings is 1. The highest BCUT2D eigenvalue weighted by Gasteiger charge is 2.15. The fraction of sp³-hybridized carbons (Fsp3) is 0.0833. The van der Waals surface area contributed by atoms with E-state index >= 15 is 0 Å². The lowest BCUT2D eigenvalue weighted by atomic mass is 10.2. The standard InChI is InChI=1S/C12H9F3N4O/c13-8-1-2-9(14)10(15)6(8)4-18-12-7(11(16)20)3-17-5-19-12/h1-3,5H,4H2,(H2,16,20)(H,17,18,19). The topological polar surface area (TPSA) is 80.9 Å². The number of primary amides is 1. The lowest BCUT2D eigenvalue weighted by molar-refractivity contribution is 0.100. The SMILES string of the molecule is NC(=O)c1cncnc1NCc1c(F)ccc(F)c1F. The molecule has 1 aromatic heterocycles. The number of rotatable bonds is 4. The molecule has 2 aromatic rings. The highest BCUT2D eigenvalue weighted by atomic mass is 19.2. The molecule has 8 heteroatoms. The molecule has 0 atom stereocenters. The molecule has 0 unspecified atom stereocenters. The smallest absolute Gasteiger partial charge is 0.254 e. The van der Waals surface area contributed by atoms with Gasteiger partial charge in [-0.2, -0.15) is 0 Å². The first-order valence-electron chi connectivity index (χ1n) is 5.46. The van der Waals surface area contributed by atoms with Crippen LogP contribution in [0.25, 0.3) is 0 Å². The zero-order chi connectivity index (χ0) is 14.7. The predicted molar refractivity (Wildman–Crippen MR) is 64.2 cm³/mol. The van der Waals surface area contributed by atoms with E-state index in [2.05, 4.69) is 15.3 Å². The Morgan fingerprint density at radius 3 is 2.65 bits per heavy atom. The first-order valence-corrected chi connectivity index (χ1v) is 5.46. The van der Waals surface area contributed by atoms with Crippen LogP contribution in [0.15, 0.2) is 24.7 Å². The Morgan fingerprint density at radius 2 is 1.95 bits per heavy atom. The molecule has 20 heavy (non-hydrogen) atoms. The van der Waals surface area contributed by atoms with Crippen LogP contribution in [0.4, 0.5) is 19.0 Å². The number of nitrogens with one attached hydrogen (secondary N) is 1. The molecule has 0 saturated heterocycles. The van der Waals surface area contributed by atoms with Crippen LogP contribution in [0.3, 0.4) is 0 Å². The van der Waals surface area contributed by atoms with Gasteiger partial charge in [-0.1, -0.05) is 0 Å². The molecule has 1 heterocycles. The number of carbonyl (C=O) groups excluding carboxylic acids is 1. The number of anilines is 1. The van der Waals surface area contributed by atoms with Gasteiger partial charge < -0.3 is 11.1 Å². The van der Waals surface area contributed by atoms with E-state index in [1.807, 2.05) is 0 Å². The number of hydrogen-bond donors (Lipinski definition) is 2. The highest BCUT2D eigenvalue weighted by Crippen LogP contribution is 2.18. The van der Waals surface area contributed by atoms with Crippen LogP contribution in [-0.4, -0.2) is 15.9 Å². The quantitative estimate of drug-likeness (QED) is 0.835. The predicted octanol–water partition coefficient (Wildman–Crippen LogP) is 1.60. The summed E-state index contributed by atoms with van der Waals surface area (Å²) < 4.78 is 39.9. The second kappa shape index (κ2) is 5.55. The zero-order valence-corrected chi connectivity index (χ0v) is 10.0. The van der Waals surface area contributed by atoms with Gasteiger partial charge in [0.15, 0.2) is 11.6 Å². The Kier molecular flexibility index (Phi) is 3.83. The van der Waals surface area contributed by atoms with Crippen LogP contribution in [0.5, 0.6) is 0 Å². The zero-order valence-electron chi connectivity index (χ0n) is 10.0. The van der Waals surface area contributed by atoms with Gasteiger partial charge in [0.05, 0.1) is 5.56 Å². The van der Waals surface area contributed by atoms with Crippen LogP contribution in [0.2, 0.25) is 0 Å². The minimum absolute atomic E-state index is 0.00978. The summed E-state index contributed by atoms with van der Waals surface area (Å²) in [7, 11) is 0. The molecule has 0 aliphatic rings. The number of hydrogen-bond acceptors (Lipinski definition) is 4. The van der Waals surface area contributed by atoms with Gasteiger partial charge in [0.25, 0.3) is 5.91 Å². The average molecular weight is 282 g/mol. The monoisotopic (exact) mass is 282 g/mol. The Morgan fingerprint density at radius 1 is 1.25 bits per heavy atom. The van der Waals surface area contributed by atoms with Crippen molar-refractivity contribution in [2.24, 2.45) is 5.73 Å². The van der Waals surface area contributed by atoms with Gasteiger partial charge in [-0.3, -0.25) is 4.79 Å². The summed E-state index contributed by atoms with van der Waals surface area (Å²) in [6, 6.07) is 1.50. The number of aromatic nitrogens is 2. The second-order valence-corrected chi connectivity index (χ2v) is 3.82. The van der Waals surface area contributed by atoms with Crippen molar-refractivity contribution >= 4 is 11.7 Å². The van der Waals surface area contributed by atoms with Crippen LogP contribution in [0.1, 0.15) is 15.9 Å². The maximum Gasteiger partial charge on any atom is 0.254 e. The van der Waals surface area contributed by atoms with Gasteiger partial charge in [-0.05, 0) is 12.1 Å². The maximum atomic E-state index is 13.4. The fourth-order valence-electron chi connectivity index (χ4n) is 1.55. The summed E-state index contributed by atoms with van der Waals surface area (Å²) in [6.07, 6.45) is 2.29. The van der Waals surface area contributed by atoms with Crippen molar-refractivity contribution in [3.8, 4) is 0 Å². The average Bonchev–Trinajstić information content (AvgIpc) is 2.43. The molecule has 104 valence electrons. The molecule has 0 bridgehead atoms. The first kappa shape index (κ1) is 13.8. The van der Waals surface area contributed by atoms with Gasteiger partial charge in [0.1, 0.15) is 18.0 Å². The van der Waals surface area contributed by atoms with E-state index < -0.39 is 35.5 Å². The summed E-state index contributed by atoms with van der Waals surface area (Å²) in [5.74, 6) is -4.16. The molecule has 1 aromatic carbocycles.